The normalized spacial score (nSPS) is 15.6. The lowest BCUT2D eigenvalue weighted by Crippen LogP contribution is -2.27. The van der Waals surface area contributed by atoms with Crippen LogP contribution in [0.2, 0.25) is 0 Å². The number of fused-ring (bicyclic) bond motifs is 1. The second-order valence-electron chi connectivity index (χ2n) is 11.3. The Kier molecular flexibility index (Phi) is 8.96. The Morgan fingerprint density at radius 2 is 1.80 bits per heavy atom. The van der Waals surface area contributed by atoms with E-state index in [1.807, 2.05) is 18.2 Å². The van der Waals surface area contributed by atoms with E-state index in [1.165, 1.54) is 31.2 Å². The van der Waals surface area contributed by atoms with Gasteiger partial charge in [-0.3, -0.25) is 9.59 Å². The lowest BCUT2D eigenvalue weighted by atomic mass is 9.94. The number of nitrogens with one attached hydrogen (secondary N) is 2. The highest BCUT2D eigenvalue weighted by Gasteiger charge is 2.26. The molecule has 0 spiro atoms. The summed E-state index contributed by atoms with van der Waals surface area (Å²) in [5.74, 6) is 0.470. The van der Waals surface area contributed by atoms with Crippen LogP contribution in [-0.2, 0) is 41.0 Å². The lowest BCUT2D eigenvalue weighted by Gasteiger charge is -2.26. The number of ether oxygens (including phenoxy) is 2. The number of sulfonamides is 1. The van der Waals surface area contributed by atoms with Crippen LogP contribution in [0.25, 0.3) is 11.0 Å². The summed E-state index contributed by atoms with van der Waals surface area (Å²) >= 11 is 0. The van der Waals surface area contributed by atoms with Gasteiger partial charge in [-0.2, -0.15) is 0 Å². The van der Waals surface area contributed by atoms with Gasteiger partial charge in [-0.15, -0.1) is 0 Å². The van der Waals surface area contributed by atoms with Crippen LogP contribution in [0.1, 0.15) is 64.9 Å². The smallest absolute Gasteiger partial charge is 0.303 e. The number of rotatable bonds is 9. The van der Waals surface area contributed by atoms with Gasteiger partial charge >= 0.3 is 5.97 Å². The van der Waals surface area contributed by atoms with Crippen LogP contribution in [0.15, 0.2) is 47.4 Å². The molecular weight excluding hydrogens is 532 g/mol. The van der Waals surface area contributed by atoms with Gasteiger partial charge in [0.15, 0.2) is 6.61 Å². The standard InChI is InChI=1S/C29H38N4O6S/c1-19(32-40(36,37)24-9-7-23(8-10-24)30-27(35)18-39-20(2)34)22-6-11-26-25(16-22)31-28(29(3,4)5)33(26)17-21-12-14-38-15-13-21/h6-11,16,19,21,32H,12-15,17-18H2,1-5H3,(H,30,35). The monoisotopic (exact) mass is 570 g/mol. The Labute approximate surface area is 235 Å². The maximum Gasteiger partial charge on any atom is 0.303 e. The first-order valence-electron chi connectivity index (χ1n) is 13.5. The molecule has 40 heavy (non-hydrogen) atoms. The molecule has 1 fully saturated rings. The summed E-state index contributed by atoms with van der Waals surface area (Å²) in [4.78, 5) is 27.8. The predicted octanol–water partition coefficient (Wildman–Crippen LogP) is 4.30. The first-order valence-corrected chi connectivity index (χ1v) is 15.0. The molecule has 216 valence electrons. The average Bonchev–Trinajstić information content (AvgIpc) is 3.26. The van der Waals surface area contributed by atoms with Crippen LogP contribution in [0.4, 0.5) is 5.69 Å². The molecule has 11 heteroatoms. The van der Waals surface area contributed by atoms with Crippen LogP contribution in [0.3, 0.4) is 0 Å². The third-order valence-electron chi connectivity index (χ3n) is 6.91. The summed E-state index contributed by atoms with van der Waals surface area (Å²) in [7, 11) is -3.84. The van der Waals surface area contributed by atoms with E-state index in [0.29, 0.717) is 11.6 Å². The lowest BCUT2D eigenvalue weighted by molar-refractivity contribution is -0.144. The minimum atomic E-state index is -3.84. The molecule has 1 unspecified atom stereocenters. The van der Waals surface area contributed by atoms with Crippen molar-refractivity contribution in [2.75, 3.05) is 25.1 Å². The molecule has 10 nitrogen and oxygen atoms in total. The summed E-state index contributed by atoms with van der Waals surface area (Å²) in [5.41, 5.74) is 2.93. The molecule has 2 aromatic carbocycles. The fourth-order valence-electron chi connectivity index (χ4n) is 4.81. The molecule has 1 aromatic heterocycles. The topological polar surface area (TPSA) is 129 Å². The molecule has 1 atom stereocenters. The third kappa shape index (κ3) is 7.26. The zero-order valence-corrected chi connectivity index (χ0v) is 24.5. The number of carbonyl (C=O) groups excluding carboxylic acids is 2. The second kappa shape index (κ2) is 12.1. The van der Waals surface area contributed by atoms with E-state index in [2.05, 4.69) is 40.1 Å². The van der Waals surface area contributed by atoms with Crippen LogP contribution in [-0.4, -0.2) is 49.7 Å². The molecule has 0 aliphatic carbocycles. The van der Waals surface area contributed by atoms with Crippen molar-refractivity contribution in [2.24, 2.45) is 5.92 Å². The van der Waals surface area contributed by atoms with Crippen molar-refractivity contribution in [2.45, 2.75) is 70.4 Å². The van der Waals surface area contributed by atoms with Gasteiger partial charge in [0, 0.05) is 43.8 Å². The van der Waals surface area contributed by atoms with Crippen molar-refractivity contribution in [3.8, 4) is 0 Å². The molecule has 3 aromatic rings. The van der Waals surface area contributed by atoms with Gasteiger partial charge in [-0.05, 0) is 67.6 Å². The van der Waals surface area contributed by atoms with E-state index in [4.69, 9.17) is 9.72 Å². The number of hydrogen-bond acceptors (Lipinski definition) is 7. The number of aromatic nitrogens is 2. The van der Waals surface area contributed by atoms with E-state index in [-0.39, 0.29) is 10.3 Å². The molecule has 1 aliphatic rings. The Morgan fingerprint density at radius 1 is 1.12 bits per heavy atom. The number of nitrogens with zero attached hydrogens (tertiary/aromatic N) is 2. The number of hydrogen-bond donors (Lipinski definition) is 2. The van der Waals surface area contributed by atoms with Crippen LogP contribution in [0, 0.1) is 5.92 Å². The third-order valence-corrected chi connectivity index (χ3v) is 8.47. The Balaban J connectivity index is 1.50. The number of esters is 1. The van der Waals surface area contributed by atoms with E-state index in [0.717, 1.165) is 55.0 Å². The molecule has 2 heterocycles. The summed E-state index contributed by atoms with van der Waals surface area (Å²) in [6, 6.07) is 11.2. The fourth-order valence-corrected chi connectivity index (χ4v) is 6.04. The van der Waals surface area contributed by atoms with Crippen molar-refractivity contribution in [3.63, 3.8) is 0 Å². The quantitative estimate of drug-likeness (QED) is 0.367. The number of benzene rings is 2. The van der Waals surface area contributed by atoms with Gasteiger partial charge in [-0.1, -0.05) is 26.8 Å². The van der Waals surface area contributed by atoms with Crippen molar-refractivity contribution < 1.29 is 27.5 Å². The molecule has 4 rings (SSSR count). The fraction of sp³-hybridized carbons (Fsp3) is 0.483. The molecule has 0 saturated carbocycles. The second-order valence-corrected chi connectivity index (χ2v) is 13.0. The van der Waals surface area contributed by atoms with E-state index in [9.17, 15) is 18.0 Å². The van der Waals surface area contributed by atoms with Crippen LogP contribution < -0.4 is 10.0 Å². The van der Waals surface area contributed by atoms with Gasteiger partial charge in [0.05, 0.1) is 15.9 Å². The molecule has 1 saturated heterocycles. The highest BCUT2D eigenvalue weighted by molar-refractivity contribution is 7.89. The zero-order chi connectivity index (χ0) is 29.1. The van der Waals surface area contributed by atoms with Gasteiger partial charge in [0.2, 0.25) is 10.0 Å². The SMILES string of the molecule is CC(=O)OCC(=O)Nc1ccc(S(=O)(=O)NC(C)c2ccc3c(c2)nc(C(C)(C)C)n3CC2CCOCC2)cc1. The molecule has 1 amide bonds. The maximum atomic E-state index is 13.1. The van der Waals surface area contributed by atoms with Gasteiger partial charge in [-0.25, -0.2) is 18.1 Å². The minimum absolute atomic E-state index is 0.0640. The van der Waals surface area contributed by atoms with Crippen LogP contribution in [0.5, 0.6) is 0 Å². The van der Waals surface area contributed by atoms with Gasteiger partial charge in [0.25, 0.3) is 5.91 Å². The number of carbonyl (C=O) groups is 2. The summed E-state index contributed by atoms with van der Waals surface area (Å²) < 4.78 is 41.5. The van der Waals surface area contributed by atoms with Crippen molar-refractivity contribution >= 4 is 38.6 Å². The molecular formula is C29H38N4O6S. The highest BCUT2D eigenvalue weighted by Crippen LogP contribution is 2.31. The largest absolute Gasteiger partial charge is 0.456 e. The number of imidazole rings is 1. The highest BCUT2D eigenvalue weighted by atomic mass is 32.2. The minimum Gasteiger partial charge on any atom is -0.456 e. The Bertz CT molecular complexity index is 1470. The number of anilines is 1. The van der Waals surface area contributed by atoms with Crippen molar-refractivity contribution in [1.82, 2.24) is 14.3 Å². The van der Waals surface area contributed by atoms with Crippen molar-refractivity contribution in [3.05, 3.63) is 53.9 Å². The molecule has 0 radical (unpaired) electrons. The van der Waals surface area contributed by atoms with Crippen molar-refractivity contribution in [1.29, 1.82) is 0 Å². The molecule has 0 bridgehead atoms. The first-order chi connectivity index (χ1) is 18.8. The van der Waals surface area contributed by atoms with Gasteiger partial charge < -0.3 is 19.4 Å². The summed E-state index contributed by atoms with van der Waals surface area (Å²) in [5, 5.41) is 2.56. The summed E-state index contributed by atoms with van der Waals surface area (Å²) in [6.45, 7) is 11.5. The van der Waals surface area contributed by atoms with E-state index < -0.39 is 34.5 Å². The molecule has 2 N–H and O–H groups in total. The molecule has 1 aliphatic heterocycles. The van der Waals surface area contributed by atoms with E-state index in [1.54, 1.807) is 6.92 Å². The Hall–Kier alpha value is -3.28. The zero-order valence-electron chi connectivity index (χ0n) is 23.7. The number of amides is 1. The first kappa shape index (κ1) is 29.7. The maximum absolute atomic E-state index is 13.1. The summed E-state index contributed by atoms with van der Waals surface area (Å²) in [6.07, 6.45) is 2.06. The predicted molar refractivity (Wildman–Crippen MR) is 152 cm³/mol. The van der Waals surface area contributed by atoms with Crippen LogP contribution >= 0.6 is 0 Å². The van der Waals surface area contributed by atoms with Gasteiger partial charge in [0.1, 0.15) is 5.82 Å². The average molecular weight is 571 g/mol. The van der Waals surface area contributed by atoms with E-state index >= 15 is 0 Å². The Morgan fingerprint density at radius 3 is 2.42 bits per heavy atom.